The van der Waals surface area contributed by atoms with Gasteiger partial charge in [-0.1, -0.05) is 38.4 Å². The summed E-state index contributed by atoms with van der Waals surface area (Å²) in [5.74, 6) is 0.739. The molecule has 0 aliphatic heterocycles. The number of hydrogen-bond donors (Lipinski definition) is 1. The van der Waals surface area contributed by atoms with Crippen LogP contribution >= 0.6 is 11.6 Å². The lowest BCUT2D eigenvalue weighted by Gasteiger charge is -2.25. The third kappa shape index (κ3) is 3.89. The van der Waals surface area contributed by atoms with E-state index in [2.05, 4.69) is 26.8 Å². The molecule has 0 heterocycles. The molecule has 0 bridgehead atoms. The van der Waals surface area contributed by atoms with Crippen LogP contribution in [-0.2, 0) is 11.8 Å². The van der Waals surface area contributed by atoms with Gasteiger partial charge in [0.25, 0.3) is 0 Å². The second-order valence-electron chi connectivity index (χ2n) is 6.57. The lowest BCUT2D eigenvalue weighted by Crippen LogP contribution is -2.34. The number of nitrogens with two attached hydrogens (primary N) is 1. The SMILES string of the molecule is COc1c(Cl)cc(C(C)(C)C)cc1CC(C)(C)N. The molecule has 0 saturated heterocycles. The molecule has 18 heavy (non-hydrogen) atoms. The van der Waals surface area contributed by atoms with E-state index in [1.54, 1.807) is 7.11 Å². The summed E-state index contributed by atoms with van der Waals surface area (Å²) in [7, 11) is 1.64. The zero-order valence-corrected chi connectivity index (χ0v) is 13.0. The molecule has 0 atom stereocenters. The molecule has 102 valence electrons. The molecule has 0 amide bonds. The van der Waals surface area contributed by atoms with E-state index in [-0.39, 0.29) is 11.0 Å². The van der Waals surface area contributed by atoms with Crippen molar-refractivity contribution in [1.82, 2.24) is 0 Å². The Bertz CT molecular complexity index is 427. The van der Waals surface area contributed by atoms with Crippen molar-refractivity contribution in [3.05, 3.63) is 28.3 Å². The summed E-state index contributed by atoms with van der Waals surface area (Å²) in [5.41, 5.74) is 8.15. The lowest BCUT2D eigenvalue weighted by molar-refractivity contribution is 0.401. The first-order chi connectivity index (χ1) is 8.04. The minimum absolute atomic E-state index is 0.0589. The minimum Gasteiger partial charge on any atom is -0.495 e. The van der Waals surface area contributed by atoms with Gasteiger partial charge in [0.05, 0.1) is 12.1 Å². The molecule has 1 aromatic carbocycles. The van der Waals surface area contributed by atoms with E-state index in [0.717, 1.165) is 17.7 Å². The number of rotatable bonds is 3. The van der Waals surface area contributed by atoms with Gasteiger partial charge in [-0.2, -0.15) is 0 Å². The third-order valence-electron chi connectivity index (χ3n) is 2.84. The maximum absolute atomic E-state index is 6.30. The number of benzene rings is 1. The van der Waals surface area contributed by atoms with Crippen molar-refractivity contribution in [3.8, 4) is 5.75 Å². The van der Waals surface area contributed by atoms with Crippen molar-refractivity contribution in [2.45, 2.75) is 52.0 Å². The Morgan fingerprint density at radius 3 is 2.11 bits per heavy atom. The second-order valence-corrected chi connectivity index (χ2v) is 6.97. The zero-order valence-electron chi connectivity index (χ0n) is 12.2. The predicted octanol–water partition coefficient (Wildman–Crippen LogP) is 3.93. The van der Waals surface area contributed by atoms with Gasteiger partial charge < -0.3 is 10.5 Å². The van der Waals surface area contributed by atoms with E-state index in [9.17, 15) is 0 Å². The van der Waals surface area contributed by atoms with Gasteiger partial charge >= 0.3 is 0 Å². The topological polar surface area (TPSA) is 35.2 Å². The van der Waals surface area contributed by atoms with Crippen LogP contribution < -0.4 is 10.5 Å². The molecule has 2 nitrogen and oxygen atoms in total. The van der Waals surface area contributed by atoms with E-state index < -0.39 is 0 Å². The van der Waals surface area contributed by atoms with Crippen molar-refractivity contribution >= 4 is 11.6 Å². The van der Waals surface area contributed by atoms with Crippen molar-refractivity contribution < 1.29 is 4.74 Å². The molecule has 0 radical (unpaired) electrons. The van der Waals surface area contributed by atoms with Crippen LogP contribution in [0.15, 0.2) is 12.1 Å². The molecule has 1 rings (SSSR count). The molecule has 0 fully saturated rings. The zero-order chi connectivity index (χ0) is 14.1. The Hall–Kier alpha value is -0.730. The highest BCUT2D eigenvalue weighted by atomic mass is 35.5. The molecule has 2 N–H and O–H groups in total. The number of halogens is 1. The van der Waals surface area contributed by atoms with Gasteiger partial charge in [-0.25, -0.2) is 0 Å². The normalized spacial score (nSPS) is 12.7. The Balaban J connectivity index is 3.33. The molecule has 0 aliphatic rings. The summed E-state index contributed by atoms with van der Waals surface area (Å²) in [6, 6.07) is 4.13. The van der Waals surface area contributed by atoms with Crippen LogP contribution in [-0.4, -0.2) is 12.6 Å². The summed E-state index contributed by atoms with van der Waals surface area (Å²) in [6.45, 7) is 10.5. The molecular formula is C15H24ClNO. The first-order valence-electron chi connectivity index (χ1n) is 6.20. The van der Waals surface area contributed by atoms with Crippen molar-refractivity contribution in [1.29, 1.82) is 0 Å². The first kappa shape index (κ1) is 15.3. The van der Waals surface area contributed by atoms with Crippen molar-refractivity contribution in [2.75, 3.05) is 7.11 Å². The van der Waals surface area contributed by atoms with Gasteiger partial charge in [0.2, 0.25) is 0 Å². The van der Waals surface area contributed by atoms with Crippen LogP contribution in [0.2, 0.25) is 5.02 Å². The quantitative estimate of drug-likeness (QED) is 0.903. The van der Waals surface area contributed by atoms with Gasteiger partial charge in [-0.05, 0) is 42.9 Å². The Morgan fingerprint density at radius 1 is 1.17 bits per heavy atom. The average Bonchev–Trinajstić information content (AvgIpc) is 2.13. The average molecular weight is 270 g/mol. The Labute approximate surface area is 115 Å². The van der Waals surface area contributed by atoms with Crippen LogP contribution in [0.4, 0.5) is 0 Å². The minimum atomic E-state index is -0.285. The lowest BCUT2D eigenvalue weighted by atomic mass is 9.84. The summed E-state index contributed by atoms with van der Waals surface area (Å²) >= 11 is 6.30. The van der Waals surface area contributed by atoms with E-state index in [1.807, 2.05) is 19.9 Å². The molecule has 0 spiro atoms. The van der Waals surface area contributed by atoms with Crippen molar-refractivity contribution in [3.63, 3.8) is 0 Å². The Kier molecular flexibility index (Phi) is 4.34. The van der Waals surface area contributed by atoms with Crippen LogP contribution in [0.25, 0.3) is 0 Å². The fourth-order valence-corrected chi connectivity index (χ4v) is 2.25. The van der Waals surface area contributed by atoms with Crippen molar-refractivity contribution in [2.24, 2.45) is 5.73 Å². The maximum Gasteiger partial charge on any atom is 0.140 e. The van der Waals surface area contributed by atoms with Gasteiger partial charge in [-0.15, -0.1) is 0 Å². The molecule has 3 heteroatoms. The summed E-state index contributed by atoms with van der Waals surface area (Å²) in [5, 5.41) is 0.657. The fraction of sp³-hybridized carbons (Fsp3) is 0.600. The van der Waals surface area contributed by atoms with Crippen LogP contribution in [0.1, 0.15) is 45.7 Å². The largest absolute Gasteiger partial charge is 0.495 e. The van der Waals surface area contributed by atoms with Crippen LogP contribution in [0, 0.1) is 0 Å². The highest BCUT2D eigenvalue weighted by Gasteiger charge is 2.21. The number of methoxy groups -OCH3 is 1. The van der Waals surface area contributed by atoms with E-state index in [4.69, 9.17) is 22.1 Å². The van der Waals surface area contributed by atoms with Gasteiger partial charge in [0.15, 0.2) is 0 Å². The highest BCUT2D eigenvalue weighted by Crippen LogP contribution is 2.36. The molecule has 0 aliphatic carbocycles. The monoisotopic (exact) mass is 269 g/mol. The molecule has 0 saturated carbocycles. The first-order valence-corrected chi connectivity index (χ1v) is 6.58. The smallest absolute Gasteiger partial charge is 0.140 e. The highest BCUT2D eigenvalue weighted by molar-refractivity contribution is 6.32. The van der Waals surface area contributed by atoms with Crippen LogP contribution in [0.3, 0.4) is 0 Å². The van der Waals surface area contributed by atoms with Gasteiger partial charge in [0.1, 0.15) is 5.75 Å². The number of ether oxygens (including phenoxy) is 1. The van der Waals surface area contributed by atoms with E-state index in [0.29, 0.717) is 5.02 Å². The summed E-state index contributed by atoms with van der Waals surface area (Å²) < 4.78 is 5.40. The fourth-order valence-electron chi connectivity index (χ4n) is 1.93. The molecule has 0 unspecified atom stereocenters. The second kappa shape index (κ2) is 5.10. The Morgan fingerprint density at radius 2 is 1.72 bits per heavy atom. The van der Waals surface area contributed by atoms with E-state index in [1.165, 1.54) is 5.56 Å². The molecule has 1 aromatic rings. The maximum atomic E-state index is 6.30. The molecular weight excluding hydrogens is 246 g/mol. The summed E-state index contributed by atoms with van der Waals surface area (Å²) in [6.07, 6.45) is 0.736. The van der Waals surface area contributed by atoms with Crippen LogP contribution in [0.5, 0.6) is 5.75 Å². The van der Waals surface area contributed by atoms with Gasteiger partial charge in [0, 0.05) is 5.54 Å². The van der Waals surface area contributed by atoms with E-state index >= 15 is 0 Å². The third-order valence-corrected chi connectivity index (χ3v) is 3.12. The predicted molar refractivity (Wildman–Crippen MR) is 78.7 cm³/mol. The standard InChI is InChI=1S/C15H24ClNO/c1-14(2,3)11-7-10(9-15(4,5)17)13(18-6)12(16)8-11/h7-8H,9,17H2,1-6H3. The van der Waals surface area contributed by atoms with Gasteiger partial charge in [-0.3, -0.25) is 0 Å². The summed E-state index contributed by atoms with van der Waals surface area (Å²) in [4.78, 5) is 0. The number of hydrogen-bond acceptors (Lipinski definition) is 2. The molecule has 0 aromatic heterocycles.